The Morgan fingerprint density at radius 3 is 2.48 bits per heavy atom. The number of para-hydroxylation sites is 1. The number of nitrogens with one attached hydrogen (secondary N) is 1. The van der Waals surface area contributed by atoms with Gasteiger partial charge in [-0.1, -0.05) is 55.0 Å². The number of thiocarbonyl (C=S) groups is 1. The second kappa shape index (κ2) is 9.23. The Balaban J connectivity index is 1.94. The fourth-order valence-corrected chi connectivity index (χ4v) is 4.01. The molecule has 29 heavy (non-hydrogen) atoms. The summed E-state index contributed by atoms with van der Waals surface area (Å²) < 4.78 is 6.16. The Hall–Kier alpha value is -2.66. The number of nitrogens with zero attached hydrogens (tertiary/aromatic N) is 1. The molecule has 0 aliphatic carbocycles. The normalized spacial score (nSPS) is 16.6. The quantitative estimate of drug-likeness (QED) is 0.647. The highest BCUT2D eigenvalue weighted by atomic mass is 32.1. The van der Waals surface area contributed by atoms with Crippen molar-refractivity contribution in [1.29, 1.82) is 0 Å². The smallest absolute Gasteiger partial charge is 0.173 e. The standard InChI is InChI=1S/C24H28N2O2S/c1-5-14-26-17(3)22(18(4)27)23(25-24(26)29)20-8-6-7-9-21(20)28-15-19-12-10-16(2)11-13-19/h6-13,23H,5,14-15H2,1-4H3,(H,25,29). The zero-order chi connectivity index (χ0) is 21.0. The molecular weight excluding hydrogens is 380 g/mol. The zero-order valence-corrected chi connectivity index (χ0v) is 18.3. The highest BCUT2D eigenvalue weighted by Gasteiger charge is 2.33. The number of hydrogen-bond acceptors (Lipinski definition) is 3. The first-order chi connectivity index (χ1) is 13.9. The van der Waals surface area contributed by atoms with Gasteiger partial charge in [0.2, 0.25) is 0 Å². The van der Waals surface area contributed by atoms with Crippen molar-refractivity contribution in [2.45, 2.75) is 46.8 Å². The maximum absolute atomic E-state index is 12.6. The van der Waals surface area contributed by atoms with Crippen LogP contribution in [0.2, 0.25) is 0 Å². The molecule has 1 unspecified atom stereocenters. The highest BCUT2D eigenvalue weighted by molar-refractivity contribution is 7.80. The summed E-state index contributed by atoms with van der Waals surface area (Å²) in [5, 5.41) is 4.02. The number of aryl methyl sites for hydroxylation is 1. The van der Waals surface area contributed by atoms with E-state index in [1.54, 1.807) is 6.92 Å². The summed E-state index contributed by atoms with van der Waals surface area (Å²) in [6.07, 6.45) is 0.950. The molecule has 3 rings (SSSR count). The predicted octanol–water partition coefficient (Wildman–Crippen LogP) is 5.08. The van der Waals surface area contributed by atoms with Gasteiger partial charge in [-0.3, -0.25) is 4.79 Å². The molecule has 0 radical (unpaired) electrons. The summed E-state index contributed by atoms with van der Waals surface area (Å²) in [6, 6.07) is 15.8. The van der Waals surface area contributed by atoms with Crippen LogP contribution in [0.5, 0.6) is 5.75 Å². The molecule has 0 aromatic heterocycles. The average Bonchev–Trinajstić information content (AvgIpc) is 2.70. The molecule has 0 saturated carbocycles. The van der Waals surface area contributed by atoms with Crippen molar-refractivity contribution in [2.24, 2.45) is 0 Å². The van der Waals surface area contributed by atoms with E-state index >= 15 is 0 Å². The molecule has 1 heterocycles. The number of Topliss-reactive ketones (excluding diaryl/α,β-unsaturated/α-hetero) is 1. The molecule has 0 fully saturated rings. The second-order valence-corrected chi connectivity index (χ2v) is 7.79. The number of ketones is 1. The van der Waals surface area contributed by atoms with Crippen LogP contribution in [0, 0.1) is 6.92 Å². The van der Waals surface area contributed by atoms with Crippen LogP contribution in [0.4, 0.5) is 0 Å². The van der Waals surface area contributed by atoms with Gasteiger partial charge in [0.1, 0.15) is 12.4 Å². The average molecular weight is 409 g/mol. The minimum Gasteiger partial charge on any atom is -0.489 e. The number of carbonyl (C=O) groups is 1. The molecule has 1 aliphatic rings. The Labute approximate surface area is 178 Å². The fourth-order valence-electron chi connectivity index (χ4n) is 3.66. The SMILES string of the molecule is CCCN1C(=S)NC(c2ccccc2OCc2ccc(C)cc2)C(C(C)=O)=C1C. The van der Waals surface area contributed by atoms with E-state index in [1.165, 1.54) is 5.56 Å². The third-order valence-corrected chi connectivity index (χ3v) is 5.51. The van der Waals surface area contributed by atoms with E-state index in [-0.39, 0.29) is 11.8 Å². The molecule has 1 atom stereocenters. The Bertz CT molecular complexity index is 934. The molecule has 2 aromatic carbocycles. The van der Waals surface area contributed by atoms with Gasteiger partial charge in [-0.15, -0.1) is 0 Å². The van der Waals surface area contributed by atoms with Crippen molar-refractivity contribution in [3.05, 3.63) is 76.5 Å². The third kappa shape index (κ3) is 4.67. The van der Waals surface area contributed by atoms with Crippen molar-refractivity contribution in [2.75, 3.05) is 6.54 Å². The summed E-state index contributed by atoms with van der Waals surface area (Å²) in [5.41, 5.74) is 4.89. The Morgan fingerprint density at radius 2 is 1.83 bits per heavy atom. The molecule has 0 spiro atoms. The predicted molar refractivity (Wildman–Crippen MR) is 121 cm³/mol. The Morgan fingerprint density at radius 1 is 1.14 bits per heavy atom. The topological polar surface area (TPSA) is 41.6 Å². The van der Waals surface area contributed by atoms with Crippen molar-refractivity contribution in [3.63, 3.8) is 0 Å². The van der Waals surface area contributed by atoms with Gasteiger partial charge >= 0.3 is 0 Å². The van der Waals surface area contributed by atoms with Gasteiger partial charge in [0, 0.05) is 23.4 Å². The molecule has 0 amide bonds. The summed E-state index contributed by atoms with van der Waals surface area (Å²) in [7, 11) is 0. The lowest BCUT2D eigenvalue weighted by atomic mass is 9.92. The summed E-state index contributed by atoms with van der Waals surface area (Å²) >= 11 is 5.61. The van der Waals surface area contributed by atoms with Gasteiger partial charge < -0.3 is 15.0 Å². The van der Waals surface area contributed by atoms with E-state index in [0.717, 1.165) is 41.1 Å². The molecule has 1 N–H and O–H groups in total. The molecule has 5 heteroatoms. The van der Waals surface area contributed by atoms with Crippen LogP contribution in [0.25, 0.3) is 0 Å². The minimum atomic E-state index is -0.317. The van der Waals surface area contributed by atoms with Crippen molar-refractivity contribution < 1.29 is 9.53 Å². The van der Waals surface area contributed by atoms with Crippen LogP contribution in [-0.2, 0) is 11.4 Å². The molecule has 152 valence electrons. The van der Waals surface area contributed by atoms with Crippen LogP contribution < -0.4 is 10.1 Å². The third-order valence-electron chi connectivity index (χ3n) is 5.17. The molecule has 4 nitrogen and oxygen atoms in total. The lowest BCUT2D eigenvalue weighted by molar-refractivity contribution is -0.114. The lowest BCUT2D eigenvalue weighted by Gasteiger charge is -2.38. The van der Waals surface area contributed by atoms with Crippen LogP contribution in [0.15, 0.2) is 59.8 Å². The molecule has 0 bridgehead atoms. The first-order valence-electron chi connectivity index (χ1n) is 9.99. The van der Waals surface area contributed by atoms with E-state index < -0.39 is 0 Å². The van der Waals surface area contributed by atoms with Crippen LogP contribution in [-0.4, -0.2) is 22.3 Å². The van der Waals surface area contributed by atoms with Crippen LogP contribution in [0.3, 0.4) is 0 Å². The van der Waals surface area contributed by atoms with E-state index in [9.17, 15) is 4.79 Å². The first-order valence-corrected chi connectivity index (χ1v) is 10.4. The number of carbonyl (C=O) groups excluding carboxylic acids is 1. The number of allylic oxidation sites excluding steroid dienone is 1. The Kier molecular flexibility index (Phi) is 6.70. The van der Waals surface area contributed by atoms with E-state index in [1.807, 2.05) is 36.1 Å². The summed E-state index contributed by atoms with van der Waals surface area (Å²) in [6.45, 7) is 9.01. The van der Waals surface area contributed by atoms with Crippen LogP contribution >= 0.6 is 12.2 Å². The van der Waals surface area contributed by atoms with Gasteiger partial charge in [0.15, 0.2) is 10.9 Å². The first kappa shape index (κ1) is 21.1. The minimum absolute atomic E-state index is 0.0388. The lowest BCUT2D eigenvalue weighted by Crippen LogP contribution is -2.47. The van der Waals surface area contributed by atoms with E-state index in [0.29, 0.717) is 11.7 Å². The number of benzene rings is 2. The summed E-state index contributed by atoms with van der Waals surface area (Å²) in [4.78, 5) is 14.6. The largest absolute Gasteiger partial charge is 0.489 e. The van der Waals surface area contributed by atoms with Gasteiger partial charge in [-0.25, -0.2) is 0 Å². The maximum atomic E-state index is 12.6. The number of rotatable bonds is 7. The number of ether oxygens (including phenoxy) is 1. The highest BCUT2D eigenvalue weighted by Crippen LogP contribution is 2.36. The van der Waals surface area contributed by atoms with Crippen molar-refractivity contribution in [3.8, 4) is 5.75 Å². The van der Waals surface area contributed by atoms with Gasteiger partial charge in [0.25, 0.3) is 0 Å². The van der Waals surface area contributed by atoms with Gasteiger partial charge in [-0.2, -0.15) is 0 Å². The number of hydrogen-bond donors (Lipinski definition) is 1. The van der Waals surface area contributed by atoms with Crippen LogP contribution in [0.1, 0.15) is 49.9 Å². The molecule has 2 aromatic rings. The molecule has 0 saturated heterocycles. The van der Waals surface area contributed by atoms with Crippen molar-refractivity contribution in [1.82, 2.24) is 10.2 Å². The molecule has 1 aliphatic heterocycles. The van der Waals surface area contributed by atoms with E-state index in [2.05, 4.69) is 43.4 Å². The van der Waals surface area contributed by atoms with E-state index in [4.69, 9.17) is 17.0 Å². The second-order valence-electron chi connectivity index (χ2n) is 7.40. The maximum Gasteiger partial charge on any atom is 0.173 e. The molecular formula is C24H28N2O2S. The zero-order valence-electron chi connectivity index (χ0n) is 17.5. The van der Waals surface area contributed by atoms with Gasteiger partial charge in [-0.05, 0) is 51.0 Å². The fraction of sp³-hybridized carbons (Fsp3) is 0.333. The summed E-state index contributed by atoms with van der Waals surface area (Å²) in [5.74, 6) is 0.792. The van der Waals surface area contributed by atoms with Gasteiger partial charge in [0.05, 0.1) is 6.04 Å². The van der Waals surface area contributed by atoms with Crippen molar-refractivity contribution >= 4 is 23.1 Å². The monoisotopic (exact) mass is 408 g/mol.